The number of ether oxygens (including phenoxy) is 3. The Bertz CT molecular complexity index is 2780. The Balaban J connectivity index is 1.18. The van der Waals surface area contributed by atoms with Crippen molar-refractivity contribution in [2.45, 2.75) is 70.5 Å². The molecule has 3 aromatic heterocycles. The summed E-state index contributed by atoms with van der Waals surface area (Å²) in [5.74, 6) is -1.93. The molecular formula is C44H50N10O9S. The Morgan fingerprint density at radius 1 is 0.953 bits per heavy atom. The molecule has 0 fully saturated rings. The van der Waals surface area contributed by atoms with Crippen LogP contribution in [0.25, 0.3) is 16.6 Å². The van der Waals surface area contributed by atoms with E-state index >= 15 is 0 Å². The lowest BCUT2D eigenvalue weighted by atomic mass is 10.1. The summed E-state index contributed by atoms with van der Waals surface area (Å²) in [4.78, 5) is 60.8. The predicted molar refractivity (Wildman–Crippen MR) is 240 cm³/mol. The normalized spacial score (nSPS) is 12.4. The first kappa shape index (κ1) is 46.0. The lowest BCUT2D eigenvalue weighted by Gasteiger charge is -2.23. The molecule has 3 heterocycles. The van der Waals surface area contributed by atoms with Crippen LogP contribution in [0.2, 0.25) is 0 Å². The summed E-state index contributed by atoms with van der Waals surface area (Å²) < 4.78 is 47.6. The molecular weight excluding hydrogens is 845 g/mol. The second-order valence-corrected chi connectivity index (χ2v) is 17.2. The van der Waals surface area contributed by atoms with Gasteiger partial charge >= 0.3 is 12.1 Å². The van der Waals surface area contributed by atoms with Crippen LogP contribution in [0, 0.1) is 6.92 Å². The monoisotopic (exact) mass is 894 g/mol. The van der Waals surface area contributed by atoms with Crippen molar-refractivity contribution in [3.05, 3.63) is 114 Å². The fourth-order valence-electron chi connectivity index (χ4n) is 6.33. The van der Waals surface area contributed by atoms with Crippen LogP contribution in [0.1, 0.15) is 62.2 Å². The number of nitrogens with two attached hydrogens (primary N) is 1. The SMILES string of the molecule is CCOC(=O)c1cn2cccc(NC(=O)COc3nn(Cc4ccccc4)c4ccc(NC(=O)C(CCCN=C(N)NS(=O)(=O)c5ccc(C)cc5)NC(=O)OC(C)(C)C)cc34)c2n1. The molecule has 19 nitrogen and oxygen atoms in total. The van der Waals surface area contributed by atoms with Crippen molar-refractivity contribution >= 4 is 67.8 Å². The smallest absolute Gasteiger partial charge is 0.408 e. The molecule has 6 N–H and O–H groups in total. The molecule has 0 aliphatic heterocycles. The van der Waals surface area contributed by atoms with E-state index in [2.05, 4.69) is 35.7 Å². The number of hydrogen-bond donors (Lipinski definition) is 5. The summed E-state index contributed by atoms with van der Waals surface area (Å²) in [7, 11) is -3.97. The van der Waals surface area contributed by atoms with Crippen molar-refractivity contribution in [3.63, 3.8) is 0 Å². The number of imidazole rings is 1. The number of carbonyl (C=O) groups excluding carboxylic acids is 4. The molecule has 0 aliphatic carbocycles. The number of rotatable bonds is 17. The number of pyridine rings is 1. The number of alkyl carbamates (subject to hydrolysis) is 1. The molecule has 0 spiro atoms. The number of guanidine groups is 1. The van der Waals surface area contributed by atoms with Crippen molar-refractivity contribution in [2.75, 3.05) is 30.4 Å². The molecule has 64 heavy (non-hydrogen) atoms. The maximum atomic E-state index is 13.9. The summed E-state index contributed by atoms with van der Waals surface area (Å²) >= 11 is 0. The van der Waals surface area contributed by atoms with Crippen LogP contribution in [0.5, 0.6) is 5.88 Å². The maximum absolute atomic E-state index is 13.9. The van der Waals surface area contributed by atoms with Crippen molar-refractivity contribution < 1.29 is 41.8 Å². The Morgan fingerprint density at radius 3 is 2.42 bits per heavy atom. The van der Waals surface area contributed by atoms with Gasteiger partial charge in [0.1, 0.15) is 11.6 Å². The molecule has 1 atom stereocenters. The molecule has 3 aromatic carbocycles. The van der Waals surface area contributed by atoms with Crippen molar-refractivity contribution in [3.8, 4) is 5.88 Å². The van der Waals surface area contributed by atoms with Gasteiger partial charge in [-0.15, -0.1) is 5.10 Å². The number of amides is 3. The van der Waals surface area contributed by atoms with E-state index in [4.69, 9.17) is 19.9 Å². The number of carbonyl (C=O) groups is 4. The van der Waals surface area contributed by atoms with Gasteiger partial charge in [-0.3, -0.25) is 19.3 Å². The van der Waals surface area contributed by atoms with Crippen LogP contribution in [0.3, 0.4) is 0 Å². The number of sulfonamides is 1. The summed E-state index contributed by atoms with van der Waals surface area (Å²) in [6.07, 6.45) is 2.66. The molecule has 0 saturated carbocycles. The molecule has 336 valence electrons. The van der Waals surface area contributed by atoms with Gasteiger partial charge in [0.15, 0.2) is 17.9 Å². The second-order valence-electron chi connectivity index (χ2n) is 15.5. The number of hydrogen-bond acceptors (Lipinski definition) is 12. The van der Waals surface area contributed by atoms with Gasteiger partial charge in [0.2, 0.25) is 17.7 Å². The van der Waals surface area contributed by atoms with Gasteiger partial charge in [-0.2, -0.15) is 0 Å². The highest BCUT2D eigenvalue weighted by Gasteiger charge is 2.25. The largest absolute Gasteiger partial charge is 0.466 e. The quantitative estimate of drug-likeness (QED) is 0.0346. The number of fused-ring (bicyclic) bond motifs is 2. The third kappa shape index (κ3) is 12.3. The lowest BCUT2D eigenvalue weighted by Crippen LogP contribution is -2.46. The average molecular weight is 895 g/mol. The van der Waals surface area contributed by atoms with Gasteiger partial charge in [0.25, 0.3) is 15.9 Å². The molecule has 20 heteroatoms. The highest BCUT2D eigenvalue weighted by Crippen LogP contribution is 2.29. The van der Waals surface area contributed by atoms with E-state index < -0.39 is 52.1 Å². The summed E-state index contributed by atoms with van der Waals surface area (Å²) in [6, 6.07) is 23.1. The molecule has 0 radical (unpaired) electrons. The highest BCUT2D eigenvalue weighted by atomic mass is 32.2. The zero-order valence-electron chi connectivity index (χ0n) is 36.0. The van der Waals surface area contributed by atoms with Gasteiger partial charge in [-0.25, -0.2) is 27.7 Å². The lowest BCUT2D eigenvalue weighted by molar-refractivity contribution is -0.119. The van der Waals surface area contributed by atoms with Gasteiger partial charge in [-0.05, 0) is 95.5 Å². The minimum absolute atomic E-state index is 0.0214. The zero-order valence-corrected chi connectivity index (χ0v) is 36.8. The van der Waals surface area contributed by atoms with Gasteiger partial charge in [0, 0.05) is 24.6 Å². The number of benzene rings is 3. The van der Waals surface area contributed by atoms with E-state index in [9.17, 15) is 27.6 Å². The number of esters is 1. The third-order valence-corrected chi connectivity index (χ3v) is 10.6. The van der Waals surface area contributed by atoms with Crippen molar-refractivity contribution in [2.24, 2.45) is 10.7 Å². The summed E-state index contributed by atoms with van der Waals surface area (Å²) in [5, 5.41) is 13.4. The van der Waals surface area contributed by atoms with Crippen LogP contribution in [-0.4, -0.2) is 88.8 Å². The maximum Gasteiger partial charge on any atom is 0.408 e. The van der Waals surface area contributed by atoms with Crippen LogP contribution < -0.4 is 31.1 Å². The number of aryl methyl sites for hydroxylation is 1. The van der Waals surface area contributed by atoms with Crippen molar-refractivity contribution in [1.29, 1.82) is 0 Å². The predicted octanol–water partition coefficient (Wildman–Crippen LogP) is 5.14. The summed E-state index contributed by atoms with van der Waals surface area (Å²) in [5.41, 5.74) is 8.62. The van der Waals surface area contributed by atoms with Crippen LogP contribution in [0.15, 0.2) is 107 Å². The van der Waals surface area contributed by atoms with Crippen molar-refractivity contribution in [1.82, 2.24) is 29.2 Å². The van der Waals surface area contributed by atoms with E-state index in [0.717, 1.165) is 11.1 Å². The third-order valence-electron chi connectivity index (χ3n) is 9.25. The molecule has 0 aliphatic rings. The topological polar surface area (TPSA) is 252 Å². The van der Waals surface area contributed by atoms with Gasteiger partial charge in [-0.1, -0.05) is 48.0 Å². The molecule has 0 bridgehead atoms. The van der Waals surface area contributed by atoms with E-state index in [1.807, 2.05) is 37.3 Å². The molecule has 0 saturated heterocycles. The molecule has 6 rings (SSSR count). The van der Waals surface area contributed by atoms with Gasteiger partial charge < -0.3 is 40.3 Å². The second kappa shape index (κ2) is 20.1. The Labute approximate surface area is 369 Å². The first-order valence-electron chi connectivity index (χ1n) is 20.3. The van der Waals surface area contributed by atoms with E-state index in [1.54, 1.807) is 85.4 Å². The highest BCUT2D eigenvalue weighted by molar-refractivity contribution is 7.90. The Hall–Kier alpha value is -7.48. The number of nitrogens with one attached hydrogen (secondary N) is 4. The first-order chi connectivity index (χ1) is 30.5. The molecule has 1 unspecified atom stereocenters. The number of anilines is 2. The van der Waals surface area contributed by atoms with Gasteiger partial charge in [0.05, 0.1) is 34.6 Å². The minimum atomic E-state index is -3.97. The number of nitrogens with zero attached hydrogens (tertiary/aromatic N) is 5. The minimum Gasteiger partial charge on any atom is -0.466 e. The van der Waals surface area contributed by atoms with E-state index in [-0.39, 0.29) is 48.4 Å². The average Bonchev–Trinajstić information content (AvgIpc) is 3.83. The standard InChI is InChI=1S/C44H50N10O9S/c1-6-61-41(57)35-26-53-23-11-15-33(38(53)49-35)48-37(55)27-62-40-32-24-30(18-21-36(32)54(51-40)25-29-12-8-7-9-13-29)47-39(56)34(50-43(58)63-44(3,4)5)14-10-22-46-42(45)52-64(59,60)31-19-16-28(2)17-20-31/h7-9,11-13,15-21,23-24,26,34H,6,10,14,22,25,27H2,1-5H3,(H,47,56)(H,48,55)(H,50,58)(H3,45,46,52). The molecule has 6 aromatic rings. The fraction of sp³-hybridized carbons (Fsp3) is 0.295. The van der Waals surface area contributed by atoms with E-state index in [0.29, 0.717) is 34.5 Å². The van der Waals surface area contributed by atoms with E-state index in [1.165, 1.54) is 18.3 Å². The Kier molecular flexibility index (Phi) is 14.5. The van der Waals surface area contributed by atoms with Crippen LogP contribution >= 0.6 is 0 Å². The van der Waals surface area contributed by atoms with Crippen LogP contribution in [0.4, 0.5) is 16.2 Å². The Morgan fingerprint density at radius 2 is 1.70 bits per heavy atom. The number of aliphatic imine (C=N–C) groups is 1. The summed E-state index contributed by atoms with van der Waals surface area (Å²) in [6.45, 7) is 8.72. The number of aromatic nitrogens is 4. The first-order valence-corrected chi connectivity index (χ1v) is 21.8. The van der Waals surface area contributed by atoms with Crippen LogP contribution in [-0.2, 0) is 35.6 Å². The fourth-order valence-corrected chi connectivity index (χ4v) is 7.29. The zero-order chi connectivity index (χ0) is 46.0. The molecule has 3 amide bonds.